The van der Waals surface area contributed by atoms with Gasteiger partial charge in [-0.25, -0.2) is 0 Å². The van der Waals surface area contributed by atoms with E-state index in [9.17, 15) is 9.59 Å². The quantitative estimate of drug-likeness (QED) is 0.705. The Labute approximate surface area is 151 Å². The van der Waals surface area contributed by atoms with E-state index in [0.29, 0.717) is 24.2 Å². The summed E-state index contributed by atoms with van der Waals surface area (Å²) in [6.45, 7) is 1.96. The number of pyridine rings is 1. The molecule has 2 aromatic carbocycles. The maximum absolute atomic E-state index is 12.8. The van der Waals surface area contributed by atoms with Crippen molar-refractivity contribution in [2.45, 2.75) is 19.8 Å². The van der Waals surface area contributed by atoms with Crippen LogP contribution in [-0.4, -0.2) is 16.8 Å². The van der Waals surface area contributed by atoms with E-state index in [1.54, 1.807) is 6.20 Å². The molecule has 26 heavy (non-hydrogen) atoms. The molecular formula is C21H19N3O2. The molecule has 0 radical (unpaired) electrons. The van der Waals surface area contributed by atoms with Gasteiger partial charge >= 0.3 is 0 Å². The molecule has 0 atom stereocenters. The molecule has 4 rings (SSSR count). The molecule has 0 aliphatic heterocycles. The Kier molecular flexibility index (Phi) is 3.92. The Morgan fingerprint density at radius 1 is 0.962 bits per heavy atom. The molecule has 0 unspecified atom stereocenters. The van der Waals surface area contributed by atoms with E-state index >= 15 is 0 Å². The van der Waals surface area contributed by atoms with Crippen LogP contribution in [-0.2, 0) is 9.59 Å². The number of amides is 2. The predicted octanol–water partition coefficient (Wildman–Crippen LogP) is 3.90. The lowest BCUT2D eigenvalue weighted by molar-refractivity contribution is -0.131. The fourth-order valence-electron chi connectivity index (χ4n) is 3.10. The zero-order valence-corrected chi connectivity index (χ0v) is 14.5. The van der Waals surface area contributed by atoms with Crippen LogP contribution in [0, 0.1) is 12.3 Å². The average molecular weight is 345 g/mol. The van der Waals surface area contributed by atoms with Gasteiger partial charge in [0.15, 0.2) is 0 Å². The highest BCUT2D eigenvalue weighted by Gasteiger charge is 2.56. The van der Waals surface area contributed by atoms with Crippen LogP contribution in [0.1, 0.15) is 18.4 Å². The molecule has 0 spiro atoms. The zero-order chi connectivity index (χ0) is 18.1. The summed E-state index contributed by atoms with van der Waals surface area (Å²) >= 11 is 0. The van der Waals surface area contributed by atoms with Gasteiger partial charge in [-0.1, -0.05) is 30.3 Å². The Balaban J connectivity index is 1.54. The average Bonchev–Trinajstić information content (AvgIpc) is 3.44. The Morgan fingerprint density at radius 2 is 1.69 bits per heavy atom. The standard InChI is InChI=1S/C21H19N3O2/c1-14-5-2-8-16(13-14)23-19(25)21(10-11-21)20(26)24-17-9-3-6-15-7-4-12-22-18(15)17/h2-9,12-13H,10-11H2,1H3,(H,23,25)(H,24,26). The molecule has 1 aliphatic rings. The molecule has 1 heterocycles. The van der Waals surface area contributed by atoms with Crippen LogP contribution >= 0.6 is 0 Å². The molecule has 2 N–H and O–H groups in total. The first-order chi connectivity index (χ1) is 12.6. The largest absolute Gasteiger partial charge is 0.325 e. The van der Waals surface area contributed by atoms with Crippen molar-refractivity contribution >= 4 is 34.1 Å². The Bertz CT molecular complexity index is 1000. The van der Waals surface area contributed by atoms with E-state index < -0.39 is 5.41 Å². The van der Waals surface area contributed by atoms with Crippen LogP contribution in [0.4, 0.5) is 11.4 Å². The van der Waals surface area contributed by atoms with Gasteiger partial charge in [-0.2, -0.15) is 0 Å². The van der Waals surface area contributed by atoms with Gasteiger partial charge in [-0.15, -0.1) is 0 Å². The first-order valence-corrected chi connectivity index (χ1v) is 8.62. The van der Waals surface area contributed by atoms with Crippen LogP contribution in [0.2, 0.25) is 0 Å². The summed E-state index contributed by atoms with van der Waals surface area (Å²) in [7, 11) is 0. The second kappa shape index (κ2) is 6.26. The van der Waals surface area contributed by atoms with Gasteiger partial charge in [0.25, 0.3) is 0 Å². The SMILES string of the molecule is Cc1cccc(NC(=O)C2(C(=O)Nc3cccc4cccnc34)CC2)c1. The third kappa shape index (κ3) is 2.92. The maximum atomic E-state index is 12.8. The number of fused-ring (bicyclic) bond motifs is 1. The van der Waals surface area contributed by atoms with Crippen molar-refractivity contribution < 1.29 is 9.59 Å². The van der Waals surface area contributed by atoms with E-state index in [-0.39, 0.29) is 11.8 Å². The van der Waals surface area contributed by atoms with Crippen molar-refractivity contribution in [2.75, 3.05) is 10.6 Å². The summed E-state index contributed by atoms with van der Waals surface area (Å²) in [4.78, 5) is 29.9. The summed E-state index contributed by atoms with van der Waals surface area (Å²) in [6.07, 6.45) is 2.79. The van der Waals surface area contributed by atoms with Crippen molar-refractivity contribution in [2.24, 2.45) is 5.41 Å². The number of hydrogen-bond donors (Lipinski definition) is 2. The highest BCUT2D eigenvalue weighted by Crippen LogP contribution is 2.47. The number of nitrogens with zero attached hydrogens (tertiary/aromatic N) is 1. The van der Waals surface area contributed by atoms with Gasteiger partial charge in [0, 0.05) is 17.3 Å². The summed E-state index contributed by atoms with van der Waals surface area (Å²) in [5.41, 5.74) is 2.11. The van der Waals surface area contributed by atoms with E-state index in [1.807, 2.05) is 61.5 Å². The highest BCUT2D eigenvalue weighted by molar-refractivity contribution is 6.18. The summed E-state index contributed by atoms with van der Waals surface area (Å²) in [6, 6.07) is 17.0. The van der Waals surface area contributed by atoms with Crippen molar-refractivity contribution in [1.29, 1.82) is 0 Å². The molecule has 130 valence electrons. The highest BCUT2D eigenvalue weighted by atomic mass is 16.2. The molecular weight excluding hydrogens is 326 g/mol. The van der Waals surface area contributed by atoms with Crippen LogP contribution in [0.3, 0.4) is 0 Å². The second-order valence-electron chi connectivity index (χ2n) is 6.74. The lowest BCUT2D eigenvalue weighted by Gasteiger charge is -2.16. The van der Waals surface area contributed by atoms with Gasteiger partial charge in [-0.05, 0) is 49.6 Å². The van der Waals surface area contributed by atoms with Gasteiger partial charge in [0.05, 0.1) is 11.2 Å². The zero-order valence-electron chi connectivity index (χ0n) is 14.5. The normalized spacial score (nSPS) is 14.7. The molecule has 1 saturated carbocycles. The minimum atomic E-state index is -0.999. The van der Waals surface area contributed by atoms with E-state index in [1.165, 1.54) is 0 Å². The number of aryl methyl sites for hydroxylation is 1. The fraction of sp³-hybridized carbons (Fsp3) is 0.190. The summed E-state index contributed by atoms with van der Waals surface area (Å²) < 4.78 is 0. The topological polar surface area (TPSA) is 71.1 Å². The molecule has 2 amide bonds. The first-order valence-electron chi connectivity index (χ1n) is 8.62. The van der Waals surface area contributed by atoms with Crippen molar-refractivity contribution in [3.8, 4) is 0 Å². The third-order valence-corrected chi connectivity index (χ3v) is 4.78. The molecule has 1 aromatic heterocycles. The minimum absolute atomic E-state index is 0.256. The fourth-order valence-corrected chi connectivity index (χ4v) is 3.10. The number of hydrogen-bond acceptors (Lipinski definition) is 3. The molecule has 5 nitrogen and oxygen atoms in total. The second-order valence-corrected chi connectivity index (χ2v) is 6.74. The van der Waals surface area contributed by atoms with Crippen molar-refractivity contribution in [3.63, 3.8) is 0 Å². The Hall–Kier alpha value is -3.21. The number of aromatic nitrogens is 1. The smallest absolute Gasteiger partial charge is 0.240 e. The van der Waals surface area contributed by atoms with Crippen LogP contribution in [0.5, 0.6) is 0 Å². The number of carbonyl (C=O) groups excluding carboxylic acids is 2. The summed E-state index contributed by atoms with van der Waals surface area (Å²) in [5, 5.41) is 6.72. The predicted molar refractivity (Wildman–Crippen MR) is 102 cm³/mol. The van der Waals surface area contributed by atoms with E-state index in [4.69, 9.17) is 0 Å². The maximum Gasteiger partial charge on any atom is 0.240 e. The van der Waals surface area contributed by atoms with Crippen molar-refractivity contribution in [1.82, 2.24) is 4.98 Å². The lowest BCUT2D eigenvalue weighted by atomic mass is 10.0. The van der Waals surface area contributed by atoms with Crippen LogP contribution in [0.25, 0.3) is 10.9 Å². The number of nitrogens with one attached hydrogen (secondary N) is 2. The van der Waals surface area contributed by atoms with Gasteiger partial charge in [0.1, 0.15) is 5.41 Å². The van der Waals surface area contributed by atoms with E-state index in [0.717, 1.165) is 16.5 Å². The molecule has 3 aromatic rings. The summed E-state index contributed by atoms with van der Waals surface area (Å²) in [5.74, 6) is -0.533. The molecule has 1 aliphatic carbocycles. The number of benzene rings is 2. The van der Waals surface area contributed by atoms with Gasteiger partial charge in [0.2, 0.25) is 11.8 Å². The van der Waals surface area contributed by atoms with Crippen LogP contribution in [0.15, 0.2) is 60.8 Å². The van der Waals surface area contributed by atoms with Crippen molar-refractivity contribution in [3.05, 3.63) is 66.4 Å². The number of rotatable bonds is 4. The number of carbonyl (C=O) groups is 2. The van der Waals surface area contributed by atoms with Crippen LogP contribution < -0.4 is 10.6 Å². The minimum Gasteiger partial charge on any atom is -0.325 e. The lowest BCUT2D eigenvalue weighted by Crippen LogP contribution is -2.35. The molecule has 1 fully saturated rings. The third-order valence-electron chi connectivity index (χ3n) is 4.78. The molecule has 5 heteroatoms. The van der Waals surface area contributed by atoms with E-state index in [2.05, 4.69) is 15.6 Å². The molecule has 0 bridgehead atoms. The Morgan fingerprint density at radius 3 is 2.46 bits per heavy atom. The first kappa shape index (κ1) is 16.3. The van der Waals surface area contributed by atoms with Gasteiger partial charge in [-0.3, -0.25) is 14.6 Å². The monoisotopic (exact) mass is 345 g/mol. The molecule has 0 saturated heterocycles. The number of para-hydroxylation sites is 1. The van der Waals surface area contributed by atoms with Gasteiger partial charge < -0.3 is 10.6 Å². The number of anilines is 2.